The van der Waals surface area contributed by atoms with Crippen LogP contribution in [0.3, 0.4) is 0 Å². The highest BCUT2D eigenvalue weighted by molar-refractivity contribution is 7.91. The molecule has 2 heterocycles. The maximum atomic E-state index is 12.3. The number of aromatic nitrogens is 2. The van der Waals surface area contributed by atoms with Crippen LogP contribution in [0.1, 0.15) is 29.0 Å². The van der Waals surface area contributed by atoms with Crippen LogP contribution in [0.2, 0.25) is 0 Å². The largest absolute Gasteiger partial charge is 0.476 e. The Balaban J connectivity index is 2.31. The van der Waals surface area contributed by atoms with Crippen molar-refractivity contribution in [2.24, 2.45) is 0 Å². The maximum Gasteiger partial charge on any atom is 0.357 e. The average Bonchev–Trinajstić information content (AvgIpc) is 2.70. The first-order valence-electron chi connectivity index (χ1n) is 6.13. The molecule has 21 heavy (non-hydrogen) atoms. The van der Waals surface area contributed by atoms with Crippen LogP contribution in [-0.4, -0.2) is 55.7 Å². The molecule has 1 aromatic heterocycles. The minimum atomic E-state index is -4.16. The molecule has 3 N–H and O–H groups in total. The first kappa shape index (κ1) is 15.9. The van der Waals surface area contributed by atoms with E-state index >= 15 is 0 Å². The Hall–Kier alpha value is -1.46. The van der Waals surface area contributed by atoms with Gasteiger partial charge in [0, 0.05) is 6.04 Å². The van der Waals surface area contributed by atoms with Crippen molar-refractivity contribution >= 4 is 25.8 Å². The van der Waals surface area contributed by atoms with Crippen molar-refractivity contribution in [1.29, 1.82) is 0 Å². The fourth-order valence-electron chi connectivity index (χ4n) is 2.29. The van der Waals surface area contributed by atoms with Crippen molar-refractivity contribution in [3.05, 3.63) is 11.4 Å². The SMILES string of the molecule is Cc1[nH]nc(C(=O)O)c1S(=O)(=O)NC1CCCS(=O)(=O)C1. The normalized spacial score (nSPS) is 22.0. The molecule has 9 nitrogen and oxygen atoms in total. The number of hydrogen-bond acceptors (Lipinski definition) is 6. The topological polar surface area (TPSA) is 146 Å². The van der Waals surface area contributed by atoms with E-state index < -0.39 is 42.5 Å². The molecule has 0 saturated carbocycles. The second kappa shape index (κ2) is 5.39. The van der Waals surface area contributed by atoms with Crippen LogP contribution in [0.25, 0.3) is 0 Å². The second-order valence-corrected chi connectivity index (χ2v) is 8.79. The van der Waals surface area contributed by atoms with Crippen molar-refractivity contribution in [3.8, 4) is 0 Å². The molecule has 0 spiro atoms. The van der Waals surface area contributed by atoms with Crippen LogP contribution >= 0.6 is 0 Å². The number of aryl methyl sites for hydroxylation is 1. The highest BCUT2D eigenvalue weighted by Crippen LogP contribution is 2.20. The number of nitrogens with zero attached hydrogens (tertiary/aromatic N) is 1. The number of hydrogen-bond donors (Lipinski definition) is 3. The summed E-state index contributed by atoms with van der Waals surface area (Å²) in [4.78, 5) is 10.5. The number of rotatable bonds is 4. The predicted molar refractivity (Wildman–Crippen MR) is 72.3 cm³/mol. The van der Waals surface area contributed by atoms with Crippen molar-refractivity contribution in [2.45, 2.75) is 30.7 Å². The quantitative estimate of drug-likeness (QED) is 0.656. The summed E-state index contributed by atoms with van der Waals surface area (Å²) < 4.78 is 49.9. The molecule has 1 atom stereocenters. The van der Waals surface area contributed by atoms with Gasteiger partial charge in [0.25, 0.3) is 0 Å². The molecule has 1 aliphatic heterocycles. The number of sulfone groups is 1. The van der Waals surface area contributed by atoms with Crippen LogP contribution in [0.15, 0.2) is 4.90 Å². The third kappa shape index (κ3) is 3.41. The lowest BCUT2D eigenvalue weighted by molar-refractivity contribution is 0.0686. The minimum Gasteiger partial charge on any atom is -0.476 e. The standard InChI is InChI=1S/C10H15N3O6S2/c1-6-9(8(10(14)15)12-11-6)21(18,19)13-7-3-2-4-20(16,17)5-7/h7,13H,2-5H2,1H3,(H,11,12)(H,14,15). The number of carboxylic acids is 1. The molecule has 0 aliphatic carbocycles. The molecule has 2 rings (SSSR count). The van der Waals surface area contributed by atoms with Crippen LogP contribution in [0.5, 0.6) is 0 Å². The summed E-state index contributed by atoms with van der Waals surface area (Å²) in [5, 5.41) is 14.7. The minimum absolute atomic E-state index is 0.0380. The fourth-order valence-corrected chi connectivity index (χ4v) is 5.62. The van der Waals surface area contributed by atoms with Gasteiger partial charge >= 0.3 is 5.97 Å². The van der Waals surface area contributed by atoms with E-state index in [0.717, 1.165) is 0 Å². The molecule has 1 saturated heterocycles. The van der Waals surface area contributed by atoms with Crippen molar-refractivity contribution in [2.75, 3.05) is 11.5 Å². The van der Waals surface area contributed by atoms with E-state index in [1.54, 1.807) is 0 Å². The van der Waals surface area contributed by atoms with Crippen LogP contribution < -0.4 is 4.72 Å². The number of carbonyl (C=O) groups is 1. The van der Waals surface area contributed by atoms with E-state index in [4.69, 9.17) is 5.11 Å². The number of nitrogens with one attached hydrogen (secondary N) is 2. The maximum absolute atomic E-state index is 12.3. The fraction of sp³-hybridized carbons (Fsp3) is 0.600. The Kier molecular flexibility index (Phi) is 4.08. The Morgan fingerprint density at radius 1 is 1.48 bits per heavy atom. The summed E-state index contributed by atoms with van der Waals surface area (Å²) in [7, 11) is -7.44. The number of H-pyrrole nitrogens is 1. The van der Waals surface area contributed by atoms with Crippen LogP contribution in [0, 0.1) is 6.92 Å². The average molecular weight is 337 g/mol. The molecule has 1 fully saturated rings. The van der Waals surface area contributed by atoms with Crippen molar-refractivity contribution < 1.29 is 26.7 Å². The van der Waals surface area contributed by atoms with E-state index in [9.17, 15) is 21.6 Å². The monoisotopic (exact) mass is 337 g/mol. The molecule has 1 aliphatic rings. The Morgan fingerprint density at radius 2 is 2.14 bits per heavy atom. The predicted octanol–water partition coefficient (Wildman–Crippen LogP) is -0.728. The molecule has 0 amide bonds. The van der Waals surface area contributed by atoms with E-state index in [2.05, 4.69) is 14.9 Å². The van der Waals surface area contributed by atoms with Gasteiger partial charge in [-0.1, -0.05) is 0 Å². The van der Waals surface area contributed by atoms with E-state index in [1.165, 1.54) is 6.92 Å². The Bertz CT molecular complexity index is 765. The van der Waals surface area contributed by atoms with Gasteiger partial charge in [-0.05, 0) is 19.8 Å². The molecular formula is C10H15N3O6S2. The smallest absolute Gasteiger partial charge is 0.357 e. The number of carboxylic acid groups (broad SMARTS) is 1. The number of aromatic amines is 1. The second-order valence-electron chi connectivity index (χ2n) is 4.91. The summed E-state index contributed by atoms with van der Waals surface area (Å²) in [6.45, 7) is 1.38. The number of aromatic carboxylic acids is 1. The lowest BCUT2D eigenvalue weighted by atomic mass is 10.2. The summed E-state index contributed by atoms with van der Waals surface area (Å²) in [5.41, 5.74) is -0.530. The van der Waals surface area contributed by atoms with Gasteiger partial charge < -0.3 is 5.11 Å². The zero-order chi connectivity index (χ0) is 15.8. The summed E-state index contributed by atoms with van der Waals surface area (Å²) in [6, 6.07) is -0.760. The number of sulfonamides is 1. The van der Waals surface area contributed by atoms with Gasteiger partial charge in [0.2, 0.25) is 10.0 Å². The molecule has 0 bridgehead atoms. The van der Waals surface area contributed by atoms with E-state index in [-0.39, 0.29) is 17.2 Å². The third-order valence-electron chi connectivity index (χ3n) is 3.15. The molecular weight excluding hydrogens is 322 g/mol. The molecule has 1 aromatic rings. The molecule has 0 aromatic carbocycles. The van der Waals surface area contributed by atoms with E-state index in [1.807, 2.05) is 0 Å². The molecule has 0 radical (unpaired) electrons. The Morgan fingerprint density at radius 3 is 2.71 bits per heavy atom. The Labute approximate surface area is 121 Å². The van der Waals surface area contributed by atoms with E-state index in [0.29, 0.717) is 12.8 Å². The summed E-state index contributed by atoms with van der Waals surface area (Å²) in [6.07, 6.45) is 0.753. The highest BCUT2D eigenvalue weighted by Gasteiger charge is 2.33. The van der Waals surface area contributed by atoms with Gasteiger partial charge in [-0.25, -0.2) is 26.4 Å². The first-order valence-corrected chi connectivity index (χ1v) is 9.44. The van der Waals surface area contributed by atoms with Crippen molar-refractivity contribution in [3.63, 3.8) is 0 Å². The van der Waals surface area contributed by atoms with Gasteiger partial charge in [0.1, 0.15) is 4.90 Å². The zero-order valence-corrected chi connectivity index (χ0v) is 12.8. The molecule has 1 unspecified atom stereocenters. The first-order chi connectivity index (χ1) is 9.62. The highest BCUT2D eigenvalue weighted by atomic mass is 32.2. The van der Waals surface area contributed by atoms with Crippen LogP contribution in [0.4, 0.5) is 0 Å². The van der Waals surface area contributed by atoms with Crippen LogP contribution in [-0.2, 0) is 19.9 Å². The van der Waals surface area contributed by atoms with Gasteiger partial charge in [0.15, 0.2) is 15.5 Å². The van der Waals surface area contributed by atoms with Gasteiger partial charge in [-0.2, -0.15) is 5.10 Å². The van der Waals surface area contributed by atoms with Gasteiger partial charge in [-0.3, -0.25) is 5.10 Å². The molecule has 118 valence electrons. The molecule has 11 heteroatoms. The lowest BCUT2D eigenvalue weighted by Crippen LogP contribution is -2.43. The lowest BCUT2D eigenvalue weighted by Gasteiger charge is -2.22. The summed E-state index contributed by atoms with van der Waals surface area (Å²) in [5.74, 6) is -1.72. The summed E-state index contributed by atoms with van der Waals surface area (Å²) >= 11 is 0. The zero-order valence-electron chi connectivity index (χ0n) is 11.2. The van der Waals surface area contributed by atoms with Gasteiger partial charge in [0.05, 0.1) is 17.2 Å². The van der Waals surface area contributed by atoms with Crippen molar-refractivity contribution in [1.82, 2.24) is 14.9 Å². The van der Waals surface area contributed by atoms with Gasteiger partial charge in [-0.15, -0.1) is 0 Å². The third-order valence-corrected chi connectivity index (χ3v) is 6.65.